The molecular formula is C25H29N5O2S. The minimum absolute atomic E-state index is 0.101. The third-order valence-electron chi connectivity index (χ3n) is 6.13. The molecule has 0 bridgehead atoms. The van der Waals surface area contributed by atoms with Crippen LogP contribution in [0.15, 0.2) is 60.0 Å². The first kappa shape index (κ1) is 23.1. The minimum atomic E-state index is -0.287. The number of thioether (sulfide) groups is 1. The first-order valence-electron chi connectivity index (χ1n) is 11.1. The van der Waals surface area contributed by atoms with Crippen LogP contribution < -0.4 is 11.1 Å². The van der Waals surface area contributed by atoms with Crippen molar-refractivity contribution in [2.75, 3.05) is 17.6 Å². The van der Waals surface area contributed by atoms with Gasteiger partial charge in [0, 0.05) is 24.6 Å². The van der Waals surface area contributed by atoms with E-state index in [0.29, 0.717) is 6.54 Å². The Balaban J connectivity index is 1.42. The number of imidazole rings is 1. The SMILES string of the molecule is Cc1cccc(-n2ccnc2SCC(=O)Nc2ccccc2CN2CCCC2C(N)=O)c1C. The highest BCUT2D eigenvalue weighted by Crippen LogP contribution is 2.26. The number of rotatable bonds is 8. The molecule has 1 aliphatic rings. The number of aromatic nitrogens is 2. The Bertz CT molecular complexity index is 1160. The summed E-state index contributed by atoms with van der Waals surface area (Å²) in [5.41, 5.74) is 10.8. The maximum atomic E-state index is 12.8. The Kier molecular flexibility index (Phi) is 7.15. The fourth-order valence-corrected chi connectivity index (χ4v) is 5.00. The first-order valence-corrected chi connectivity index (χ1v) is 12.1. The van der Waals surface area contributed by atoms with E-state index in [0.717, 1.165) is 41.5 Å². The van der Waals surface area contributed by atoms with Gasteiger partial charge in [-0.15, -0.1) is 0 Å². The van der Waals surface area contributed by atoms with E-state index in [9.17, 15) is 9.59 Å². The number of benzene rings is 2. The molecule has 3 aromatic rings. The molecule has 1 fully saturated rings. The molecule has 3 N–H and O–H groups in total. The standard InChI is InChI=1S/C25H29N5O2S/c1-17-7-5-10-21(18(17)2)30-14-12-27-25(30)33-16-23(31)28-20-9-4-3-8-19(20)15-29-13-6-11-22(29)24(26)32/h3-5,7-10,12,14,22H,6,11,13,15-16H2,1-2H3,(H2,26,32)(H,28,31). The van der Waals surface area contributed by atoms with E-state index in [-0.39, 0.29) is 23.6 Å². The van der Waals surface area contributed by atoms with Gasteiger partial charge in [-0.3, -0.25) is 19.1 Å². The smallest absolute Gasteiger partial charge is 0.234 e. The Morgan fingerprint density at radius 3 is 2.82 bits per heavy atom. The van der Waals surface area contributed by atoms with Crippen LogP contribution >= 0.6 is 11.8 Å². The molecule has 0 spiro atoms. The van der Waals surface area contributed by atoms with Crippen LogP contribution in [0.25, 0.3) is 5.69 Å². The third kappa shape index (κ3) is 5.29. The van der Waals surface area contributed by atoms with Gasteiger partial charge in [0.15, 0.2) is 5.16 Å². The summed E-state index contributed by atoms with van der Waals surface area (Å²) < 4.78 is 2.02. The molecule has 172 valence electrons. The molecular weight excluding hydrogens is 434 g/mol. The van der Waals surface area contributed by atoms with Crippen molar-refractivity contribution in [3.63, 3.8) is 0 Å². The van der Waals surface area contributed by atoms with Crippen molar-refractivity contribution in [3.05, 3.63) is 71.5 Å². The van der Waals surface area contributed by atoms with Crippen LogP contribution in [0, 0.1) is 13.8 Å². The number of hydrogen-bond donors (Lipinski definition) is 2. The molecule has 0 saturated carbocycles. The van der Waals surface area contributed by atoms with E-state index in [1.165, 1.54) is 22.9 Å². The summed E-state index contributed by atoms with van der Waals surface area (Å²) in [4.78, 5) is 31.0. The van der Waals surface area contributed by atoms with E-state index in [4.69, 9.17) is 5.73 Å². The Morgan fingerprint density at radius 2 is 2.00 bits per heavy atom. The number of aryl methyl sites for hydroxylation is 1. The highest BCUT2D eigenvalue weighted by molar-refractivity contribution is 7.99. The average Bonchev–Trinajstić information content (AvgIpc) is 3.45. The highest BCUT2D eigenvalue weighted by atomic mass is 32.2. The van der Waals surface area contributed by atoms with E-state index in [1.54, 1.807) is 6.20 Å². The molecule has 4 rings (SSSR count). The number of amides is 2. The van der Waals surface area contributed by atoms with Gasteiger partial charge in [0.1, 0.15) is 0 Å². The second kappa shape index (κ2) is 10.2. The second-order valence-corrected chi connectivity index (χ2v) is 9.27. The summed E-state index contributed by atoms with van der Waals surface area (Å²) in [6, 6.07) is 13.6. The van der Waals surface area contributed by atoms with Gasteiger partial charge in [-0.2, -0.15) is 0 Å². The van der Waals surface area contributed by atoms with Crippen LogP contribution in [0.5, 0.6) is 0 Å². The topological polar surface area (TPSA) is 93.2 Å². The minimum Gasteiger partial charge on any atom is -0.368 e. The van der Waals surface area contributed by atoms with Crippen molar-refractivity contribution in [1.82, 2.24) is 14.5 Å². The number of nitrogens with zero attached hydrogens (tertiary/aromatic N) is 3. The van der Waals surface area contributed by atoms with Crippen molar-refractivity contribution < 1.29 is 9.59 Å². The van der Waals surface area contributed by atoms with E-state index in [1.807, 2.05) is 41.1 Å². The van der Waals surface area contributed by atoms with Crippen molar-refractivity contribution in [2.24, 2.45) is 5.73 Å². The van der Waals surface area contributed by atoms with Gasteiger partial charge < -0.3 is 11.1 Å². The second-order valence-electron chi connectivity index (χ2n) is 8.32. The van der Waals surface area contributed by atoms with Gasteiger partial charge in [0.05, 0.1) is 17.5 Å². The number of para-hydroxylation sites is 1. The zero-order chi connectivity index (χ0) is 23.4. The number of carbonyl (C=O) groups excluding carboxylic acids is 2. The summed E-state index contributed by atoms with van der Waals surface area (Å²) >= 11 is 1.40. The van der Waals surface area contributed by atoms with Crippen LogP contribution in [0.1, 0.15) is 29.5 Å². The number of carbonyl (C=O) groups is 2. The van der Waals surface area contributed by atoms with E-state index in [2.05, 4.69) is 41.2 Å². The summed E-state index contributed by atoms with van der Waals surface area (Å²) in [5, 5.41) is 3.80. The predicted molar refractivity (Wildman–Crippen MR) is 131 cm³/mol. The molecule has 1 aromatic heterocycles. The Labute approximate surface area is 198 Å². The Hall–Kier alpha value is -3.10. The molecule has 0 aliphatic carbocycles. The molecule has 1 saturated heterocycles. The van der Waals surface area contributed by atoms with Crippen molar-refractivity contribution in [2.45, 2.75) is 44.4 Å². The van der Waals surface area contributed by atoms with E-state index < -0.39 is 0 Å². The predicted octanol–water partition coefficient (Wildman–Crippen LogP) is 3.67. The molecule has 7 nitrogen and oxygen atoms in total. The van der Waals surface area contributed by atoms with Gasteiger partial charge >= 0.3 is 0 Å². The molecule has 1 atom stereocenters. The van der Waals surface area contributed by atoms with Crippen LogP contribution in [-0.4, -0.2) is 44.6 Å². The fourth-order valence-electron chi connectivity index (χ4n) is 4.23. The van der Waals surface area contributed by atoms with Gasteiger partial charge in [-0.25, -0.2) is 4.98 Å². The maximum absolute atomic E-state index is 12.8. The number of nitrogens with one attached hydrogen (secondary N) is 1. The monoisotopic (exact) mass is 463 g/mol. The quantitative estimate of drug-likeness (QED) is 0.497. The molecule has 8 heteroatoms. The van der Waals surface area contributed by atoms with E-state index >= 15 is 0 Å². The first-order chi connectivity index (χ1) is 15.9. The summed E-state index contributed by atoms with van der Waals surface area (Å²) in [7, 11) is 0. The molecule has 2 aromatic carbocycles. The summed E-state index contributed by atoms with van der Waals surface area (Å²) in [5.74, 6) is -0.148. The van der Waals surface area contributed by atoms with Gasteiger partial charge in [0.25, 0.3) is 0 Å². The lowest BCUT2D eigenvalue weighted by molar-refractivity contribution is -0.122. The third-order valence-corrected chi connectivity index (χ3v) is 7.10. The van der Waals surface area contributed by atoms with Gasteiger partial charge in [-0.1, -0.05) is 42.1 Å². The average molecular weight is 464 g/mol. The largest absolute Gasteiger partial charge is 0.368 e. The molecule has 2 heterocycles. The molecule has 1 aliphatic heterocycles. The molecule has 2 amide bonds. The fraction of sp³-hybridized carbons (Fsp3) is 0.320. The number of likely N-dealkylation sites (tertiary alicyclic amines) is 1. The zero-order valence-corrected chi connectivity index (χ0v) is 19.8. The normalized spacial score (nSPS) is 16.1. The molecule has 1 unspecified atom stereocenters. The van der Waals surface area contributed by atoms with Crippen LogP contribution in [0.3, 0.4) is 0 Å². The summed E-state index contributed by atoms with van der Waals surface area (Å²) in [6.07, 6.45) is 5.41. The number of nitrogens with two attached hydrogens (primary N) is 1. The van der Waals surface area contributed by atoms with Crippen molar-refractivity contribution in [1.29, 1.82) is 0 Å². The molecule has 0 radical (unpaired) electrons. The van der Waals surface area contributed by atoms with Crippen molar-refractivity contribution in [3.8, 4) is 5.69 Å². The number of primary amides is 1. The number of anilines is 1. The molecule has 33 heavy (non-hydrogen) atoms. The van der Waals surface area contributed by atoms with Crippen LogP contribution in [0.4, 0.5) is 5.69 Å². The lowest BCUT2D eigenvalue weighted by Crippen LogP contribution is -2.39. The van der Waals surface area contributed by atoms with Crippen LogP contribution in [-0.2, 0) is 16.1 Å². The maximum Gasteiger partial charge on any atom is 0.234 e. The van der Waals surface area contributed by atoms with Gasteiger partial charge in [0.2, 0.25) is 11.8 Å². The lowest BCUT2D eigenvalue weighted by Gasteiger charge is -2.23. The lowest BCUT2D eigenvalue weighted by atomic mass is 10.1. The van der Waals surface area contributed by atoms with Crippen molar-refractivity contribution >= 4 is 29.3 Å². The van der Waals surface area contributed by atoms with Crippen LogP contribution in [0.2, 0.25) is 0 Å². The highest BCUT2D eigenvalue weighted by Gasteiger charge is 2.29. The number of hydrogen-bond acceptors (Lipinski definition) is 5. The van der Waals surface area contributed by atoms with Gasteiger partial charge in [-0.05, 0) is 62.1 Å². The summed E-state index contributed by atoms with van der Waals surface area (Å²) in [6.45, 7) is 5.58. The zero-order valence-electron chi connectivity index (χ0n) is 19.0. The Morgan fingerprint density at radius 1 is 1.18 bits per heavy atom.